The first-order valence-electron chi connectivity index (χ1n) is 9.60. The molecular formula is C20H23N5OS. The summed E-state index contributed by atoms with van der Waals surface area (Å²) in [6.07, 6.45) is 5.50. The van der Waals surface area contributed by atoms with Gasteiger partial charge in [0.2, 0.25) is 5.89 Å². The number of benzene rings is 1. The minimum absolute atomic E-state index is 0.108. The van der Waals surface area contributed by atoms with Crippen molar-refractivity contribution in [2.24, 2.45) is 0 Å². The molecule has 1 saturated heterocycles. The van der Waals surface area contributed by atoms with E-state index >= 15 is 0 Å². The van der Waals surface area contributed by atoms with Crippen LogP contribution in [0.4, 0.5) is 11.1 Å². The molecule has 27 heavy (non-hydrogen) atoms. The molecule has 1 aliphatic carbocycles. The second-order valence-corrected chi connectivity index (χ2v) is 8.45. The maximum Gasteiger partial charge on any atom is 0.318 e. The first kappa shape index (κ1) is 16.7. The van der Waals surface area contributed by atoms with Crippen molar-refractivity contribution in [1.29, 1.82) is 0 Å². The minimum atomic E-state index is -0.108. The molecule has 0 atom stereocenters. The number of nitrogens with zero attached hydrogens (tertiary/aromatic N) is 4. The van der Waals surface area contributed by atoms with E-state index in [0.29, 0.717) is 17.1 Å². The lowest BCUT2D eigenvalue weighted by Crippen LogP contribution is -2.43. The van der Waals surface area contributed by atoms with E-state index in [-0.39, 0.29) is 5.41 Å². The number of anilines is 2. The molecule has 0 amide bonds. The number of rotatable bonds is 4. The van der Waals surface area contributed by atoms with Gasteiger partial charge >= 0.3 is 6.01 Å². The Morgan fingerprint density at radius 1 is 1.11 bits per heavy atom. The average Bonchev–Trinajstić information content (AvgIpc) is 3.31. The van der Waals surface area contributed by atoms with Crippen molar-refractivity contribution in [1.82, 2.24) is 15.2 Å². The largest absolute Gasteiger partial charge is 0.408 e. The smallest absolute Gasteiger partial charge is 0.318 e. The molecule has 6 nitrogen and oxygen atoms in total. The van der Waals surface area contributed by atoms with Gasteiger partial charge in [-0.25, -0.2) is 4.98 Å². The van der Waals surface area contributed by atoms with Gasteiger partial charge in [0, 0.05) is 29.8 Å². The van der Waals surface area contributed by atoms with E-state index in [4.69, 9.17) is 10.2 Å². The second kappa shape index (κ2) is 6.64. The van der Waals surface area contributed by atoms with Gasteiger partial charge in [0.15, 0.2) is 5.13 Å². The molecule has 5 rings (SSSR count). The lowest BCUT2D eigenvalue weighted by Gasteiger charge is -2.40. The Morgan fingerprint density at radius 3 is 2.52 bits per heavy atom. The lowest BCUT2D eigenvalue weighted by atomic mass is 9.71. The number of hydrogen-bond acceptors (Lipinski definition) is 7. The number of piperidine rings is 1. The molecule has 3 aromatic rings. The second-order valence-electron chi connectivity index (χ2n) is 7.56. The number of nitrogens with two attached hydrogens (primary N) is 1. The molecule has 1 aliphatic heterocycles. The summed E-state index contributed by atoms with van der Waals surface area (Å²) < 4.78 is 5.98. The maximum absolute atomic E-state index is 5.98. The van der Waals surface area contributed by atoms with Crippen LogP contribution in [-0.4, -0.2) is 28.3 Å². The van der Waals surface area contributed by atoms with Crippen LogP contribution in [0.15, 0.2) is 40.1 Å². The topological polar surface area (TPSA) is 81.1 Å². The predicted molar refractivity (Wildman–Crippen MR) is 106 cm³/mol. The third-order valence-electron chi connectivity index (χ3n) is 6.11. The van der Waals surface area contributed by atoms with Crippen molar-refractivity contribution >= 4 is 22.5 Å². The van der Waals surface area contributed by atoms with E-state index < -0.39 is 0 Å². The molecule has 140 valence electrons. The van der Waals surface area contributed by atoms with E-state index in [1.165, 1.54) is 36.2 Å². The quantitative estimate of drug-likeness (QED) is 0.737. The molecule has 0 unspecified atom stereocenters. The molecule has 2 aliphatic rings. The van der Waals surface area contributed by atoms with Crippen LogP contribution < -0.4 is 10.6 Å². The Hall–Kier alpha value is -2.41. The summed E-state index contributed by atoms with van der Waals surface area (Å²) >= 11 is 1.52. The zero-order chi connectivity index (χ0) is 18.3. The minimum Gasteiger partial charge on any atom is -0.408 e. The normalized spacial score (nSPS) is 19.8. The van der Waals surface area contributed by atoms with Crippen LogP contribution in [0.25, 0.3) is 0 Å². The van der Waals surface area contributed by atoms with E-state index in [2.05, 4.69) is 55.8 Å². The number of hydrogen-bond donors (Lipinski definition) is 1. The van der Waals surface area contributed by atoms with E-state index in [9.17, 15) is 0 Å². The van der Waals surface area contributed by atoms with Crippen LogP contribution in [0.2, 0.25) is 0 Å². The highest BCUT2D eigenvalue weighted by Crippen LogP contribution is 2.43. The summed E-state index contributed by atoms with van der Waals surface area (Å²) in [6, 6.07) is 11.3. The van der Waals surface area contributed by atoms with Crippen molar-refractivity contribution in [3.63, 3.8) is 0 Å². The Morgan fingerprint density at radius 2 is 1.89 bits per heavy atom. The highest BCUT2D eigenvalue weighted by atomic mass is 32.1. The Bertz CT molecular complexity index is 909. The Kier molecular flexibility index (Phi) is 4.11. The van der Waals surface area contributed by atoms with E-state index in [0.717, 1.165) is 37.5 Å². The number of aromatic nitrogens is 3. The van der Waals surface area contributed by atoms with Gasteiger partial charge < -0.3 is 15.1 Å². The predicted octanol–water partition coefficient (Wildman–Crippen LogP) is 3.96. The summed E-state index contributed by atoms with van der Waals surface area (Å²) in [4.78, 5) is 6.87. The van der Waals surface area contributed by atoms with E-state index in [1.807, 2.05) is 0 Å². The molecule has 1 aromatic carbocycles. The van der Waals surface area contributed by atoms with Gasteiger partial charge in [-0.15, -0.1) is 16.4 Å². The highest BCUT2D eigenvalue weighted by Gasteiger charge is 2.41. The third-order valence-corrected chi connectivity index (χ3v) is 6.78. The molecule has 2 N–H and O–H groups in total. The number of nitrogen functional groups attached to an aromatic ring is 1. The molecule has 2 aromatic heterocycles. The SMILES string of the molecule is Nc1nc(C2(c3ccccc3)CCN(c3nnc(C4CCC4)o3)CC2)cs1. The maximum atomic E-state index is 5.98. The van der Waals surface area contributed by atoms with Crippen LogP contribution >= 0.6 is 11.3 Å². The summed E-state index contributed by atoms with van der Waals surface area (Å²) in [5.41, 5.74) is 8.23. The van der Waals surface area contributed by atoms with Gasteiger partial charge in [0.05, 0.1) is 5.69 Å². The van der Waals surface area contributed by atoms with Gasteiger partial charge in [0.25, 0.3) is 0 Å². The zero-order valence-corrected chi connectivity index (χ0v) is 16.0. The summed E-state index contributed by atoms with van der Waals surface area (Å²) in [6.45, 7) is 1.72. The van der Waals surface area contributed by atoms with Gasteiger partial charge in [-0.05, 0) is 31.2 Å². The summed E-state index contributed by atoms with van der Waals surface area (Å²) in [7, 11) is 0. The van der Waals surface area contributed by atoms with Crippen molar-refractivity contribution in [2.45, 2.75) is 43.4 Å². The molecule has 1 saturated carbocycles. The fraction of sp³-hybridized carbons (Fsp3) is 0.450. The number of thiazole rings is 1. The molecule has 2 fully saturated rings. The van der Waals surface area contributed by atoms with Gasteiger partial charge in [-0.3, -0.25) is 0 Å². The van der Waals surface area contributed by atoms with Crippen LogP contribution in [0, 0.1) is 0 Å². The Labute approximate surface area is 162 Å². The fourth-order valence-electron chi connectivity index (χ4n) is 4.21. The van der Waals surface area contributed by atoms with Gasteiger partial charge in [-0.2, -0.15) is 0 Å². The van der Waals surface area contributed by atoms with Crippen molar-refractivity contribution in [3.8, 4) is 0 Å². The van der Waals surface area contributed by atoms with Crippen LogP contribution in [0.1, 0.15) is 55.2 Å². The fourth-order valence-corrected chi connectivity index (χ4v) is 4.87. The molecule has 3 heterocycles. The summed E-state index contributed by atoms with van der Waals surface area (Å²) in [5, 5.41) is 11.3. The molecule has 7 heteroatoms. The summed E-state index contributed by atoms with van der Waals surface area (Å²) in [5.74, 6) is 1.28. The van der Waals surface area contributed by atoms with E-state index in [1.54, 1.807) is 0 Å². The third kappa shape index (κ3) is 2.90. The van der Waals surface area contributed by atoms with Crippen molar-refractivity contribution < 1.29 is 4.42 Å². The van der Waals surface area contributed by atoms with Crippen LogP contribution in [-0.2, 0) is 5.41 Å². The molecular weight excluding hydrogens is 358 g/mol. The lowest BCUT2D eigenvalue weighted by molar-refractivity contribution is 0.326. The highest BCUT2D eigenvalue weighted by molar-refractivity contribution is 7.13. The van der Waals surface area contributed by atoms with Crippen LogP contribution in [0.3, 0.4) is 0 Å². The van der Waals surface area contributed by atoms with Gasteiger partial charge in [-0.1, -0.05) is 41.9 Å². The molecule has 0 radical (unpaired) electrons. The van der Waals surface area contributed by atoms with Crippen molar-refractivity contribution in [3.05, 3.63) is 52.9 Å². The molecule has 0 bridgehead atoms. The van der Waals surface area contributed by atoms with Crippen molar-refractivity contribution in [2.75, 3.05) is 23.7 Å². The zero-order valence-electron chi connectivity index (χ0n) is 15.2. The first-order chi connectivity index (χ1) is 13.2. The monoisotopic (exact) mass is 381 g/mol. The first-order valence-corrected chi connectivity index (χ1v) is 10.5. The Balaban J connectivity index is 1.40. The average molecular weight is 382 g/mol. The molecule has 0 spiro atoms. The standard InChI is InChI=1S/C20H23N5OS/c21-18-22-16(13-27-18)20(15-7-2-1-3-8-15)9-11-25(12-10-20)19-24-23-17(26-19)14-5-4-6-14/h1-3,7-8,13-14H,4-6,9-12H2,(H2,21,22). The van der Waals surface area contributed by atoms with Crippen LogP contribution in [0.5, 0.6) is 0 Å². The van der Waals surface area contributed by atoms with Gasteiger partial charge in [0.1, 0.15) is 0 Å².